The second-order valence-corrected chi connectivity index (χ2v) is 9.07. The van der Waals surface area contributed by atoms with E-state index in [0.717, 1.165) is 74.6 Å². The molecule has 34 heavy (non-hydrogen) atoms. The highest BCUT2D eigenvalue weighted by Crippen LogP contribution is 2.33. The molecule has 1 amide bonds. The second-order valence-electron chi connectivity index (χ2n) is 9.07. The van der Waals surface area contributed by atoms with Gasteiger partial charge in [-0.25, -0.2) is 0 Å². The summed E-state index contributed by atoms with van der Waals surface area (Å²) in [6, 6.07) is 13.8. The lowest BCUT2D eigenvalue weighted by Crippen LogP contribution is -2.48. The third kappa shape index (κ3) is 5.47. The maximum absolute atomic E-state index is 13.4. The van der Waals surface area contributed by atoms with Gasteiger partial charge in [0.25, 0.3) is 5.91 Å². The predicted molar refractivity (Wildman–Crippen MR) is 135 cm³/mol. The van der Waals surface area contributed by atoms with Gasteiger partial charge in [0.05, 0.1) is 25.5 Å². The molecule has 1 N–H and O–H groups in total. The Labute approximate surface area is 202 Å². The number of rotatable bonds is 6. The Bertz CT molecular complexity index is 959. The third-order valence-corrected chi connectivity index (χ3v) is 6.94. The number of amides is 1. The van der Waals surface area contributed by atoms with Gasteiger partial charge in [-0.1, -0.05) is 25.0 Å². The minimum atomic E-state index is -0.562. The minimum Gasteiger partial charge on any atom is -0.495 e. The van der Waals surface area contributed by atoms with Gasteiger partial charge >= 0.3 is 0 Å². The van der Waals surface area contributed by atoms with Crippen molar-refractivity contribution >= 4 is 17.3 Å². The van der Waals surface area contributed by atoms with Crippen LogP contribution in [0.25, 0.3) is 0 Å². The van der Waals surface area contributed by atoms with E-state index in [1.54, 1.807) is 14.2 Å². The van der Waals surface area contributed by atoms with E-state index >= 15 is 0 Å². The lowest BCUT2D eigenvalue weighted by Gasteiger charge is -2.37. The standard InChI is InChI=1S/C27H37N3O4/c1-33-19-18-28-13-7-3-4-9-25(31)22-20-21(11-12-23(22)28)27(32)30-16-14-29(15-17-30)24-8-5-6-10-26(24)34-2/h5-6,8,10-12,20,25,31H,3-4,7,9,13-19H2,1-2H3. The Kier molecular flexibility index (Phi) is 8.29. The fourth-order valence-electron chi connectivity index (χ4n) is 4.99. The SMILES string of the molecule is COCCN1CCCCCC(O)c2cc(C(=O)N3CCN(c4ccccc4OC)CC3)ccc21. The van der Waals surface area contributed by atoms with Crippen LogP contribution in [0.1, 0.15) is 47.7 Å². The zero-order valence-electron chi connectivity index (χ0n) is 20.4. The summed E-state index contributed by atoms with van der Waals surface area (Å²) in [5, 5.41) is 11.0. The molecule has 7 heteroatoms. The fourth-order valence-corrected chi connectivity index (χ4v) is 4.99. The maximum Gasteiger partial charge on any atom is 0.253 e. The van der Waals surface area contributed by atoms with Gasteiger partial charge in [0.2, 0.25) is 0 Å². The first-order valence-corrected chi connectivity index (χ1v) is 12.4. The van der Waals surface area contributed by atoms with Crippen LogP contribution in [0, 0.1) is 0 Å². The fraction of sp³-hybridized carbons (Fsp3) is 0.519. The molecule has 4 rings (SSSR count). The predicted octanol–water partition coefficient (Wildman–Crippen LogP) is 3.72. The van der Waals surface area contributed by atoms with Crippen molar-refractivity contribution < 1.29 is 19.4 Å². The first-order valence-electron chi connectivity index (χ1n) is 12.4. The van der Waals surface area contributed by atoms with Gasteiger partial charge in [-0.15, -0.1) is 0 Å². The molecule has 0 saturated carbocycles. The van der Waals surface area contributed by atoms with Crippen molar-refractivity contribution in [3.63, 3.8) is 0 Å². The van der Waals surface area contributed by atoms with Crippen molar-refractivity contribution in [2.24, 2.45) is 0 Å². The minimum absolute atomic E-state index is 0.0259. The number of para-hydroxylation sites is 2. The lowest BCUT2D eigenvalue weighted by molar-refractivity contribution is 0.0746. The average molecular weight is 468 g/mol. The molecule has 1 fully saturated rings. The highest BCUT2D eigenvalue weighted by Gasteiger charge is 2.26. The first-order chi connectivity index (χ1) is 16.6. The summed E-state index contributed by atoms with van der Waals surface area (Å²) in [4.78, 5) is 19.9. The summed E-state index contributed by atoms with van der Waals surface area (Å²) in [5.41, 5.74) is 3.59. The van der Waals surface area contributed by atoms with E-state index < -0.39 is 6.10 Å². The van der Waals surface area contributed by atoms with Crippen LogP contribution in [0.15, 0.2) is 42.5 Å². The normalized spacial score (nSPS) is 19.1. The molecule has 1 unspecified atom stereocenters. The second kappa shape index (κ2) is 11.6. The number of aliphatic hydroxyl groups excluding tert-OH is 1. The van der Waals surface area contributed by atoms with E-state index in [1.165, 1.54) is 0 Å². The quantitative estimate of drug-likeness (QED) is 0.699. The molecular formula is C27H37N3O4. The van der Waals surface area contributed by atoms with Crippen molar-refractivity contribution in [3.05, 3.63) is 53.6 Å². The summed E-state index contributed by atoms with van der Waals surface area (Å²) >= 11 is 0. The Morgan fingerprint density at radius 1 is 0.971 bits per heavy atom. The van der Waals surface area contributed by atoms with Crippen molar-refractivity contribution in [2.75, 3.05) is 69.9 Å². The van der Waals surface area contributed by atoms with Crippen LogP contribution in [0.5, 0.6) is 5.75 Å². The molecule has 0 aromatic heterocycles. The summed E-state index contributed by atoms with van der Waals surface area (Å²) in [6.07, 6.45) is 3.33. The zero-order chi connectivity index (χ0) is 23.9. The molecule has 2 aromatic carbocycles. The third-order valence-electron chi connectivity index (χ3n) is 6.94. The largest absolute Gasteiger partial charge is 0.495 e. The number of aliphatic hydroxyl groups is 1. The molecule has 0 radical (unpaired) electrons. The van der Waals surface area contributed by atoms with Crippen LogP contribution in [-0.2, 0) is 4.74 Å². The smallest absolute Gasteiger partial charge is 0.253 e. The van der Waals surface area contributed by atoms with Gasteiger partial charge in [-0.05, 0) is 43.2 Å². The van der Waals surface area contributed by atoms with Crippen LogP contribution in [0.3, 0.4) is 0 Å². The highest BCUT2D eigenvalue weighted by atomic mass is 16.5. The van der Waals surface area contributed by atoms with Crippen LogP contribution >= 0.6 is 0 Å². The van der Waals surface area contributed by atoms with Gasteiger partial charge in [0.15, 0.2) is 0 Å². The molecule has 0 bridgehead atoms. The van der Waals surface area contributed by atoms with Gasteiger partial charge in [0.1, 0.15) is 5.75 Å². The van der Waals surface area contributed by atoms with E-state index in [-0.39, 0.29) is 5.91 Å². The molecule has 2 heterocycles. The lowest BCUT2D eigenvalue weighted by atomic mass is 9.98. The van der Waals surface area contributed by atoms with Gasteiger partial charge < -0.3 is 29.3 Å². The van der Waals surface area contributed by atoms with E-state index in [9.17, 15) is 9.90 Å². The monoisotopic (exact) mass is 467 g/mol. The van der Waals surface area contributed by atoms with E-state index in [4.69, 9.17) is 9.47 Å². The Hall–Kier alpha value is -2.77. The van der Waals surface area contributed by atoms with E-state index in [2.05, 4.69) is 15.9 Å². The average Bonchev–Trinajstić information content (AvgIpc) is 2.96. The summed E-state index contributed by atoms with van der Waals surface area (Å²) in [7, 11) is 3.40. The van der Waals surface area contributed by atoms with E-state index in [1.807, 2.05) is 41.3 Å². The van der Waals surface area contributed by atoms with Crippen molar-refractivity contribution in [3.8, 4) is 5.75 Å². The molecule has 1 atom stereocenters. The number of methoxy groups -OCH3 is 2. The van der Waals surface area contributed by atoms with Gasteiger partial charge in [0, 0.05) is 63.2 Å². The topological polar surface area (TPSA) is 65.5 Å². The highest BCUT2D eigenvalue weighted by molar-refractivity contribution is 5.95. The molecule has 0 spiro atoms. The van der Waals surface area contributed by atoms with Crippen LogP contribution in [-0.4, -0.2) is 76.0 Å². The van der Waals surface area contributed by atoms with Crippen LogP contribution in [0.4, 0.5) is 11.4 Å². The number of anilines is 2. The molecule has 184 valence electrons. The number of piperazine rings is 1. The number of carbonyl (C=O) groups is 1. The molecule has 2 aliphatic heterocycles. The Balaban J connectivity index is 1.50. The molecule has 2 aliphatic rings. The number of benzene rings is 2. The molecule has 0 aliphatic carbocycles. The molecule has 2 aromatic rings. The number of nitrogens with zero attached hydrogens (tertiary/aromatic N) is 3. The number of carbonyl (C=O) groups excluding carboxylic acids is 1. The van der Waals surface area contributed by atoms with Crippen LogP contribution < -0.4 is 14.5 Å². The van der Waals surface area contributed by atoms with Crippen LogP contribution in [0.2, 0.25) is 0 Å². The number of hydrogen-bond donors (Lipinski definition) is 1. The number of ether oxygens (including phenoxy) is 2. The number of fused-ring (bicyclic) bond motifs is 1. The molecule has 1 saturated heterocycles. The number of hydrogen-bond acceptors (Lipinski definition) is 6. The van der Waals surface area contributed by atoms with Gasteiger partial charge in [-0.2, -0.15) is 0 Å². The first kappa shape index (κ1) is 24.4. The summed E-state index contributed by atoms with van der Waals surface area (Å²) < 4.78 is 10.8. The van der Waals surface area contributed by atoms with Crippen molar-refractivity contribution in [1.29, 1.82) is 0 Å². The molecular weight excluding hydrogens is 430 g/mol. The van der Waals surface area contributed by atoms with Crippen molar-refractivity contribution in [1.82, 2.24) is 4.90 Å². The summed E-state index contributed by atoms with van der Waals surface area (Å²) in [5.74, 6) is 0.880. The molecule has 7 nitrogen and oxygen atoms in total. The zero-order valence-corrected chi connectivity index (χ0v) is 20.4. The Morgan fingerprint density at radius 2 is 1.76 bits per heavy atom. The Morgan fingerprint density at radius 3 is 2.53 bits per heavy atom. The van der Waals surface area contributed by atoms with Gasteiger partial charge in [-0.3, -0.25) is 4.79 Å². The maximum atomic E-state index is 13.4. The summed E-state index contributed by atoms with van der Waals surface area (Å²) in [6.45, 7) is 5.14. The van der Waals surface area contributed by atoms with E-state index in [0.29, 0.717) is 25.3 Å². The van der Waals surface area contributed by atoms with Crippen molar-refractivity contribution in [2.45, 2.75) is 31.8 Å².